The summed E-state index contributed by atoms with van der Waals surface area (Å²) in [5.41, 5.74) is 6.80. The Morgan fingerprint density at radius 2 is 1.04 bits per heavy atom. The molecule has 0 aliphatic carbocycles. The van der Waals surface area contributed by atoms with Crippen molar-refractivity contribution < 1.29 is 4.42 Å². The van der Waals surface area contributed by atoms with Crippen LogP contribution in [-0.4, -0.2) is 15.0 Å². The number of aromatic nitrogens is 3. The van der Waals surface area contributed by atoms with E-state index in [-0.39, 0.29) is 0 Å². The van der Waals surface area contributed by atoms with Crippen LogP contribution in [0.5, 0.6) is 0 Å². The first-order chi connectivity index (χ1) is 23.8. The molecule has 48 heavy (non-hydrogen) atoms. The maximum atomic E-state index is 6.43. The third-order valence-electron chi connectivity index (χ3n) is 9.14. The third-order valence-corrected chi connectivity index (χ3v) is 10.4. The Balaban J connectivity index is 1.22. The molecule has 3 aromatic heterocycles. The average molecular weight is 632 g/mol. The fourth-order valence-corrected chi connectivity index (χ4v) is 8.02. The van der Waals surface area contributed by atoms with Gasteiger partial charge in [0.2, 0.25) is 0 Å². The molecule has 0 saturated carbocycles. The van der Waals surface area contributed by atoms with Crippen LogP contribution in [-0.2, 0) is 0 Å². The Morgan fingerprint density at radius 1 is 0.417 bits per heavy atom. The second-order valence-electron chi connectivity index (χ2n) is 12.0. The van der Waals surface area contributed by atoms with Gasteiger partial charge >= 0.3 is 0 Å². The minimum absolute atomic E-state index is 0.613. The van der Waals surface area contributed by atoms with E-state index >= 15 is 0 Å². The van der Waals surface area contributed by atoms with Crippen LogP contribution in [0.2, 0.25) is 0 Å². The molecular formula is C43H25N3OS. The van der Waals surface area contributed by atoms with Crippen LogP contribution in [0.15, 0.2) is 156 Å². The molecule has 0 amide bonds. The van der Waals surface area contributed by atoms with Crippen LogP contribution >= 0.6 is 11.3 Å². The average Bonchev–Trinajstić information content (AvgIpc) is 3.72. The van der Waals surface area contributed by atoms with Gasteiger partial charge in [-0.1, -0.05) is 121 Å². The first-order valence-corrected chi connectivity index (χ1v) is 16.8. The fraction of sp³-hybridized carbons (Fsp3) is 0. The predicted octanol–water partition coefficient (Wildman–Crippen LogP) is 12.0. The molecule has 0 spiro atoms. The molecule has 4 nitrogen and oxygen atoms in total. The number of thiophene rings is 1. The lowest BCUT2D eigenvalue weighted by Gasteiger charge is -2.10. The number of hydrogen-bond acceptors (Lipinski definition) is 5. The van der Waals surface area contributed by atoms with Crippen molar-refractivity contribution in [1.82, 2.24) is 15.0 Å². The van der Waals surface area contributed by atoms with Crippen molar-refractivity contribution in [2.75, 3.05) is 0 Å². The zero-order valence-electron chi connectivity index (χ0n) is 25.6. The molecule has 0 bridgehead atoms. The minimum atomic E-state index is 0.613. The number of fused-ring (bicyclic) bond motifs is 7. The van der Waals surface area contributed by atoms with Gasteiger partial charge in [-0.15, -0.1) is 11.3 Å². The van der Waals surface area contributed by atoms with Crippen molar-refractivity contribution in [1.29, 1.82) is 0 Å². The summed E-state index contributed by atoms with van der Waals surface area (Å²) in [6.07, 6.45) is 0. The van der Waals surface area contributed by atoms with E-state index in [9.17, 15) is 0 Å². The molecule has 10 aromatic rings. The van der Waals surface area contributed by atoms with Crippen LogP contribution in [0.1, 0.15) is 0 Å². The van der Waals surface area contributed by atoms with Gasteiger partial charge < -0.3 is 4.42 Å². The first kappa shape index (κ1) is 27.0. The number of hydrogen-bond donors (Lipinski definition) is 0. The van der Waals surface area contributed by atoms with Crippen molar-refractivity contribution in [3.05, 3.63) is 152 Å². The van der Waals surface area contributed by atoms with Gasteiger partial charge in [-0.25, -0.2) is 15.0 Å². The van der Waals surface area contributed by atoms with Gasteiger partial charge in [0.1, 0.15) is 11.2 Å². The standard InChI is InChI=1S/C43H25N3OS/c1-2-10-26(11-3-1)27-20-22-28(23-21-27)41-44-42(46-43(45-41)34-17-8-15-32-31-14-6-7-19-38(31)48-40(32)34)33-16-9-18-36-39(33)35-24-29-12-4-5-13-30(29)25-37(35)47-36/h1-25H. The highest BCUT2D eigenvalue weighted by Gasteiger charge is 2.20. The van der Waals surface area contributed by atoms with Crippen LogP contribution in [0.3, 0.4) is 0 Å². The van der Waals surface area contributed by atoms with Crippen LogP contribution < -0.4 is 0 Å². The highest BCUT2D eigenvalue weighted by Crippen LogP contribution is 2.41. The number of nitrogens with zero attached hydrogens (tertiary/aromatic N) is 3. The van der Waals surface area contributed by atoms with E-state index in [2.05, 4.69) is 133 Å². The second kappa shape index (κ2) is 10.7. The summed E-state index contributed by atoms with van der Waals surface area (Å²) in [6.45, 7) is 0. The zero-order valence-corrected chi connectivity index (χ0v) is 26.4. The summed E-state index contributed by atoms with van der Waals surface area (Å²) in [6, 6.07) is 52.7. The maximum Gasteiger partial charge on any atom is 0.165 e. The molecule has 0 N–H and O–H groups in total. The third kappa shape index (κ3) is 4.33. The SMILES string of the molecule is c1ccc(-c2ccc(-c3nc(-c4cccc5c4sc4ccccc45)nc(-c4cccc5oc6cc7ccccc7cc6c45)n3)cc2)cc1. The van der Waals surface area contributed by atoms with Gasteiger partial charge in [0.25, 0.3) is 0 Å². The Bertz CT molecular complexity index is 2830. The van der Waals surface area contributed by atoms with Crippen LogP contribution in [0.4, 0.5) is 0 Å². The van der Waals surface area contributed by atoms with Gasteiger partial charge in [0, 0.05) is 47.6 Å². The van der Waals surface area contributed by atoms with Crippen molar-refractivity contribution in [3.63, 3.8) is 0 Å². The molecule has 7 aromatic carbocycles. The largest absolute Gasteiger partial charge is 0.456 e. The van der Waals surface area contributed by atoms with Crippen molar-refractivity contribution in [2.45, 2.75) is 0 Å². The van der Waals surface area contributed by atoms with Gasteiger partial charge in [0.05, 0.1) is 0 Å². The molecule has 0 fully saturated rings. The Morgan fingerprint density at radius 3 is 1.90 bits per heavy atom. The number of rotatable bonds is 4. The molecule has 0 radical (unpaired) electrons. The summed E-state index contributed by atoms with van der Waals surface area (Å²) < 4.78 is 8.84. The molecule has 5 heteroatoms. The van der Waals surface area contributed by atoms with Crippen molar-refractivity contribution in [3.8, 4) is 45.3 Å². The monoisotopic (exact) mass is 631 g/mol. The molecule has 0 aliphatic rings. The molecule has 0 atom stereocenters. The van der Waals surface area contributed by atoms with E-state index in [1.165, 1.54) is 25.7 Å². The van der Waals surface area contributed by atoms with Gasteiger partial charge in [-0.2, -0.15) is 0 Å². The van der Waals surface area contributed by atoms with Crippen molar-refractivity contribution >= 4 is 64.2 Å². The van der Waals surface area contributed by atoms with E-state index in [4.69, 9.17) is 19.4 Å². The lowest BCUT2D eigenvalue weighted by Crippen LogP contribution is -2.00. The van der Waals surface area contributed by atoms with Crippen LogP contribution in [0.25, 0.3) is 98.2 Å². The summed E-state index contributed by atoms with van der Waals surface area (Å²) >= 11 is 1.78. The zero-order chi connectivity index (χ0) is 31.6. The van der Waals surface area contributed by atoms with Crippen LogP contribution in [0, 0.1) is 0 Å². The highest BCUT2D eigenvalue weighted by atomic mass is 32.1. The van der Waals surface area contributed by atoms with E-state index in [1.807, 2.05) is 18.2 Å². The summed E-state index contributed by atoms with van der Waals surface area (Å²) in [4.78, 5) is 15.5. The summed E-state index contributed by atoms with van der Waals surface area (Å²) in [7, 11) is 0. The van der Waals surface area contributed by atoms with Gasteiger partial charge in [0.15, 0.2) is 17.5 Å². The predicted molar refractivity (Wildman–Crippen MR) is 199 cm³/mol. The van der Waals surface area contributed by atoms with E-state index < -0.39 is 0 Å². The topological polar surface area (TPSA) is 51.8 Å². The lowest BCUT2D eigenvalue weighted by molar-refractivity contribution is 0.669. The Labute approximate surface area is 279 Å². The molecule has 0 aliphatic heterocycles. The molecule has 0 saturated heterocycles. The smallest absolute Gasteiger partial charge is 0.165 e. The molecule has 3 heterocycles. The molecule has 224 valence electrons. The highest BCUT2D eigenvalue weighted by molar-refractivity contribution is 7.26. The number of benzene rings is 7. The van der Waals surface area contributed by atoms with E-state index in [0.29, 0.717) is 17.5 Å². The normalized spacial score (nSPS) is 11.8. The van der Waals surface area contributed by atoms with E-state index in [1.54, 1.807) is 11.3 Å². The lowest BCUT2D eigenvalue weighted by atomic mass is 10.0. The summed E-state index contributed by atoms with van der Waals surface area (Å²) in [5.74, 6) is 1.89. The quantitative estimate of drug-likeness (QED) is 0.194. The number of furan rings is 1. The maximum absolute atomic E-state index is 6.43. The van der Waals surface area contributed by atoms with Gasteiger partial charge in [-0.05, 0) is 52.2 Å². The summed E-state index contributed by atoms with van der Waals surface area (Å²) in [5, 5.41) is 6.80. The minimum Gasteiger partial charge on any atom is -0.456 e. The fourth-order valence-electron chi connectivity index (χ4n) is 6.81. The Kier molecular flexibility index (Phi) is 6.01. The second-order valence-corrected chi connectivity index (χ2v) is 13.1. The Hall–Kier alpha value is -6.17. The molecular weight excluding hydrogens is 607 g/mol. The first-order valence-electron chi connectivity index (χ1n) is 15.9. The molecule has 10 rings (SSSR count). The van der Waals surface area contributed by atoms with Gasteiger partial charge in [-0.3, -0.25) is 0 Å². The van der Waals surface area contributed by atoms with Crippen molar-refractivity contribution in [2.24, 2.45) is 0 Å². The molecule has 0 unspecified atom stereocenters. The van der Waals surface area contributed by atoms with E-state index in [0.717, 1.165) is 55.0 Å².